The van der Waals surface area contributed by atoms with Crippen LogP contribution in [0.2, 0.25) is 0 Å². The maximum Gasteiger partial charge on any atom is 0.281 e. The van der Waals surface area contributed by atoms with E-state index in [0.717, 1.165) is 36.4 Å². The number of morpholine rings is 1. The fraction of sp³-hybridized carbons (Fsp3) is 0.400. The van der Waals surface area contributed by atoms with Gasteiger partial charge in [-0.2, -0.15) is 8.42 Å². The first kappa shape index (κ1) is 18.4. The highest BCUT2D eigenvalue weighted by Crippen LogP contribution is 2.33. The van der Waals surface area contributed by atoms with E-state index in [4.69, 9.17) is 4.74 Å². The van der Waals surface area contributed by atoms with Gasteiger partial charge in [-0.3, -0.25) is 9.71 Å². The second-order valence-electron chi connectivity index (χ2n) is 7.57. The first-order valence-corrected chi connectivity index (χ1v) is 11.4. The number of imidazole rings is 1. The lowest BCUT2D eigenvalue weighted by molar-refractivity contribution is 0.123. The highest BCUT2D eigenvalue weighted by atomic mass is 32.2. The molecule has 1 aromatic carbocycles. The van der Waals surface area contributed by atoms with Crippen molar-refractivity contribution in [1.82, 2.24) is 15.0 Å². The largest absolute Gasteiger partial charge is 0.378 e. The molecule has 5 rings (SSSR count). The van der Waals surface area contributed by atoms with Crippen molar-refractivity contribution in [2.45, 2.75) is 24.3 Å². The van der Waals surface area contributed by atoms with Gasteiger partial charge in [0, 0.05) is 43.0 Å². The number of H-pyrrole nitrogens is 1. The molecule has 2 N–H and O–H groups in total. The lowest BCUT2D eigenvalue weighted by Gasteiger charge is -2.30. The molecule has 1 saturated heterocycles. The smallest absolute Gasteiger partial charge is 0.281 e. The molecule has 0 spiro atoms. The van der Waals surface area contributed by atoms with Crippen LogP contribution in [-0.4, -0.2) is 49.7 Å². The number of rotatable bonds is 6. The Hall–Kier alpha value is -2.65. The molecule has 0 atom stereocenters. The van der Waals surface area contributed by atoms with Gasteiger partial charge in [0.25, 0.3) is 10.0 Å². The SMILES string of the molecule is O=S(=O)(Nc1ccc(N2CCOCC2)c2cccnc12)c1c[nH]c(CC2CC2)n1. The zero-order valence-corrected chi connectivity index (χ0v) is 16.8. The second-order valence-corrected chi connectivity index (χ2v) is 9.20. The highest BCUT2D eigenvalue weighted by molar-refractivity contribution is 7.92. The number of anilines is 2. The Morgan fingerprint density at radius 1 is 1.21 bits per heavy atom. The van der Waals surface area contributed by atoms with E-state index in [1.165, 1.54) is 19.0 Å². The molecule has 1 aliphatic carbocycles. The quantitative estimate of drug-likeness (QED) is 0.644. The summed E-state index contributed by atoms with van der Waals surface area (Å²) in [5.41, 5.74) is 2.10. The molecule has 152 valence electrons. The predicted octanol–water partition coefficient (Wildman–Crippen LogP) is 2.55. The van der Waals surface area contributed by atoms with Gasteiger partial charge in [0.05, 0.1) is 24.4 Å². The molecular weight excluding hydrogens is 390 g/mol. The number of pyridine rings is 1. The lowest BCUT2D eigenvalue weighted by atomic mass is 10.1. The molecule has 3 aromatic rings. The summed E-state index contributed by atoms with van der Waals surface area (Å²) >= 11 is 0. The summed E-state index contributed by atoms with van der Waals surface area (Å²) in [6, 6.07) is 7.54. The molecule has 0 unspecified atom stereocenters. The molecule has 3 heterocycles. The van der Waals surface area contributed by atoms with E-state index < -0.39 is 10.0 Å². The van der Waals surface area contributed by atoms with Gasteiger partial charge < -0.3 is 14.6 Å². The zero-order valence-electron chi connectivity index (χ0n) is 16.0. The van der Waals surface area contributed by atoms with Gasteiger partial charge in [-0.1, -0.05) is 0 Å². The van der Waals surface area contributed by atoms with Gasteiger partial charge in [0.1, 0.15) is 5.82 Å². The molecule has 0 radical (unpaired) electrons. The number of aromatic nitrogens is 3. The van der Waals surface area contributed by atoms with Crippen LogP contribution in [0, 0.1) is 5.92 Å². The van der Waals surface area contributed by atoms with E-state index >= 15 is 0 Å². The van der Waals surface area contributed by atoms with Crippen LogP contribution in [0.3, 0.4) is 0 Å². The Kier molecular flexibility index (Phi) is 4.63. The van der Waals surface area contributed by atoms with Crippen molar-refractivity contribution in [2.24, 2.45) is 5.92 Å². The minimum absolute atomic E-state index is 0.00878. The van der Waals surface area contributed by atoms with Crippen molar-refractivity contribution in [2.75, 3.05) is 35.9 Å². The van der Waals surface area contributed by atoms with Crippen molar-refractivity contribution < 1.29 is 13.2 Å². The van der Waals surface area contributed by atoms with Crippen LogP contribution in [0.5, 0.6) is 0 Å². The van der Waals surface area contributed by atoms with Crippen LogP contribution in [0.25, 0.3) is 10.9 Å². The number of ether oxygens (including phenoxy) is 1. The summed E-state index contributed by atoms with van der Waals surface area (Å²) in [7, 11) is -3.80. The number of hydrogen-bond donors (Lipinski definition) is 2. The van der Waals surface area contributed by atoms with Gasteiger partial charge >= 0.3 is 0 Å². The Bertz CT molecular complexity index is 1130. The van der Waals surface area contributed by atoms with Crippen molar-refractivity contribution in [3.05, 3.63) is 42.5 Å². The van der Waals surface area contributed by atoms with Gasteiger partial charge in [-0.25, -0.2) is 4.98 Å². The Morgan fingerprint density at radius 2 is 2.03 bits per heavy atom. The third kappa shape index (κ3) is 3.79. The number of sulfonamides is 1. The minimum atomic E-state index is -3.80. The van der Waals surface area contributed by atoms with E-state index in [0.29, 0.717) is 30.3 Å². The van der Waals surface area contributed by atoms with Crippen molar-refractivity contribution >= 4 is 32.3 Å². The minimum Gasteiger partial charge on any atom is -0.378 e. The molecule has 0 bridgehead atoms. The Balaban J connectivity index is 1.46. The number of benzene rings is 1. The van der Waals surface area contributed by atoms with Crippen molar-refractivity contribution in [1.29, 1.82) is 0 Å². The molecule has 8 nitrogen and oxygen atoms in total. The molecule has 2 fully saturated rings. The maximum absolute atomic E-state index is 12.9. The Morgan fingerprint density at radius 3 is 2.83 bits per heavy atom. The Labute approximate surface area is 169 Å². The van der Waals surface area contributed by atoms with Gasteiger partial charge in [0.2, 0.25) is 0 Å². The average molecular weight is 414 g/mol. The fourth-order valence-corrected chi connectivity index (χ4v) is 4.70. The summed E-state index contributed by atoms with van der Waals surface area (Å²) < 4.78 is 33.9. The number of hydrogen-bond acceptors (Lipinski definition) is 6. The number of nitrogens with zero attached hydrogens (tertiary/aromatic N) is 3. The molecule has 0 amide bonds. The van der Waals surface area contributed by atoms with Crippen LogP contribution in [0.4, 0.5) is 11.4 Å². The van der Waals surface area contributed by atoms with Crippen LogP contribution >= 0.6 is 0 Å². The molecule has 1 saturated carbocycles. The summed E-state index contributed by atoms with van der Waals surface area (Å²) in [6.07, 6.45) is 6.31. The molecule has 9 heteroatoms. The van der Waals surface area contributed by atoms with Crippen LogP contribution < -0.4 is 9.62 Å². The van der Waals surface area contributed by atoms with Crippen LogP contribution in [0.1, 0.15) is 18.7 Å². The number of fused-ring (bicyclic) bond motifs is 1. The molecular formula is C20H23N5O3S. The van der Waals surface area contributed by atoms with E-state index in [1.54, 1.807) is 12.3 Å². The van der Waals surface area contributed by atoms with Crippen LogP contribution in [-0.2, 0) is 21.2 Å². The van der Waals surface area contributed by atoms with Gasteiger partial charge in [-0.05, 0) is 43.0 Å². The number of nitrogens with one attached hydrogen (secondary N) is 2. The first-order chi connectivity index (χ1) is 14.1. The summed E-state index contributed by atoms with van der Waals surface area (Å²) in [5, 5.41) is 0.917. The van der Waals surface area contributed by atoms with Crippen molar-refractivity contribution in [3.8, 4) is 0 Å². The molecule has 29 heavy (non-hydrogen) atoms. The third-order valence-electron chi connectivity index (χ3n) is 5.40. The van der Waals surface area contributed by atoms with E-state index in [2.05, 4.69) is 24.6 Å². The standard InChI is InChI=1S/C20H23N5O3S/c26-29(27,19-13-22-18(23-19)12-14-3-4-14)24-16-5-6-17(25-8-10-28-11-9-25)15-2-1-7-21-20(15)16/h1-2,5-7,13-14,24H,3-4,8-12H2,(H,22,23). The van der Waals surface area contributed by atoms with Gasteiger partial charge in [-0.15, -0.1) is 0 Å². The maximum atomic E-state index is 12.9. The highest BCUT2D eigenvalue weighted by Gasteiger charge is 2.25. The van der Waals surface area contributed by atoms with Crippen molar-refractivity contribution in [3.63, 3.8) is 0 Å². The summed E-state index contributed by atoms with van der Waals surface area (Å²) in [5.74, 6) is 1.35. The van der Waals surface area contributed by atoms with E-state index in [1.807, 2.05) is 18.2 Å². The second kappa shape index (κ2) is 7.31. The molecule has 2 aromatic heterocycles. The predicted molar refractivity (Wildman–Crippen MR) is 111 cm³/mol. The summed E-state index contributed by atoms with van der Waals surface area (Å²) in [4.78, 5) is 14.0. The topological polar surface area (TPSA) is 100 Å². The van der Waals surface area contributed by atoms with E-state index in [-0.39, 0.29) is 5.03 Å². The monoisotopic (exact) mass is 413 g/mol. The number of aromatic amines is 1. The average Bonchev–Trinajstić information content (AvgIpc) is 3.42. The summed E-state index contributed by atoms with van der Waals surface area (Å²) in [6.45, 7) is 2.95. The molecule has 1 aliphatic heterocycles. The lowest BCUT2D eigenvalue weighted by Crippen LogP contribution is -2.36. The van der Waals surface area contributed by atoms with Gasteiger partial charge in [0.15, 0.2) is 5.03 Å². The third-order valence-corrected chi connectivity index (χ3v) is 6.65. The van der Waals surface area contributed by atoms with E-state index in [9.17, 15) is 8.42 Å². The zero-order chi connectivity index (χ0) is 19.8. The first-order valence-electron chi connectivity index (χ1n) is 9.88. The van der Waals surface area contributed by atoms with Crippen LogP contribution in [0.15, 0.2) is 41.7 Å². The normalized spacial score (nSPS) is 17.6. The fourth-order valence-electron chi connectivity index (χ4n) is 3.70. The molecule has 2 aliphatic rings.